The second kappa shape index (κ2) is 36.7. The Bertz CT molecular complexity index is 1210. The van der Waals surface area contributed by atoms with Gasteiger partial charge in [0.2, 0.25) is 0 Å². The van der Waals surface area contributed by atoms with E-state index in [4.69, 9.17) is 19.1 Å². The van der Waals surface area contributed by atoms with E-state index in [9.17, 15) is 34.4 Å². The first-order chi connectivity index (χ1) is 26.9. The van der Waals surface area contributed by atoms with E-state index in [0.717, 1.165) is 31.6 Å². The molecule has 0 rings (SSSR count). The van der Waals surface area contributed by atoms with Crippen LogP contribution in [0.4, 0.5) is 0 Å². The van der Waals surface area contributed by atoms with Crippen LogP contribution in [0.15, 0.2) is 72.9 Å². The Balaban J connectivity index is 4.60. The maximum atomic E-state index is 12.6. The molecule has 6 atom stereocenters. The number of phosphoric acid groups is 1. The van der Waals surface area contributed by atoms with Crippen LogP contribution < -0.4 is 0 Å². The smallest absolute Gasteiger partial charge is 0.462 e. The van der Waals surface area contributed by atoms with E-state index < -0.39 is 70.6 Å². The summed E-state index contributed by atoms with van der Waals surface area (Å²) in [5.41, 5.74) is 0. The molecule has 0 aromatic heterocycles. The molecule has 322 valence electrons. The van der Waals surface area contributed by atoms with Crippen LogP contribution in [0.2, 0.25) is 0 Å². The van der Waals surface area contributed by atoms with Crippen molar-refractivity contribution in [1.29, 1.82) is 0 Å². The maximum Gasteiger partial charge on any atom is 0.472 e. The molecule has 0 spiro atoms. The molecule has 0 heterocycles. The van der Waals surface area contributed by atoms with Crippen LogP contribution in [0.3, 0.4) is 0 Å². The normalized spacial score (nSPS) is 16.4. The lowest BCUT2D eigenvalue weighted by atomic mass is 9.99. The summed E-state index contributed by atoms with van der Waals surface area (Å²) in [7, 11) is -4.66. The zero-order chi connectivity index (χ0) is 41.7. The minimum atomic E-state index is -4.66. The largest absolute Gasteiger partial charge is 0.472 e. The number of hydrogen-bond acceptors (Lipinski definition) is 11. The zero-order valence-corrected chi connectivity index (χ0v) is 35.1. The lowest BCUT2D eigenvalue weighted by molar-refractivity contribution is -0.161. The van der Waals surface area contributed by atoms with Crippen LogP contribution in [0.5, 0.6) is 0 Å². The minimum Gasteiger partial charge on any atom is -0.462 e. The van der Waals surface area contributed by atoms with Gasteiger partial charge in [-0.1, -0.05) is 151 Å². The number of allylic oxidation sites excluding steroid dienone is 8. The van der Waals surface area contributed by atoms with Gasteiger partial charge in [-0.05, 0) is 44.4 Å². The lowest BCUT2D eigenvalue weighted by Gasteiger charge is -2.20. The van der Waals surface area contributed by atoms with Gasteiger partial charge in [-0.3, -0.25) is 18.6 Å². The highest BCUT2D eigenvalue weighted by atomic mass is 31.2. The SMILES string of the molecule is CC/C=C\C[C@@H](O)/C=C/C=C\C/C=C\C=C\[C@@H](O)/C=C\CCCC(=O)OC[C@H](COP(=O)(O)OC[C@@H](O)CO)OC(=O)CCCCCCCCCCC(C)CC. The second-order valence-electron chi connectivity index (χ2n) is 13.9. The second-order valence-corrected chi connectivity index (χ2v) is 15.4. The summed E-state index contributed by atoms with van der Waals surface area (Å²) in [6.07, 6.45) is 32.4. The zero-order valence-electron chi connectivity index (χ0n) is 34.2. The average Bonchev–Trinajstić information content (AvgIpc) is 3.17. The summed E-state index contributed by atoms with van der Waals surface area (Å²) < 4.78 is 32.5. The Kier molecular flexibility index (Phi) is 34.9. The number of carbonyl (C=O) groups excluding carboxylic acids is 2. The minimum absolute atomic E-state index is 0.0522. The molecule has 0 bridgehead atoms. The van der Waals surface area contributed by atoms with E-state index in [1.54, 1.807) is 30.4 Å². The molecule has 5 N–H and O–H groups in total. The third-order valence-electron chi connectivity index (χ3n) is 8.59. The third-order valence-corrected chi connectivity index (χ3v) is 9.54. The van der Waals surface area contributed by atoms with Crippen LogP contribution in [0, 0.1) is 5.92 Å². The van der Waals surface area contributed by atoms with Gasteiger partial charge in [-0.25, -0.2) is 4.57 Å². The van der Waals surface area contributed by atoms with Crippen LogP contribution in [0.1, 0.15) is 130 Å². The Hall–Kier alpha value is -2.67. The Morgan fingerprint density at radius 3 is 1.98 bits per heavy atom. The van der Waals surface area contributed by atoms with Gasteiger partial charge >= 0.3 is 19.8 Å². The first-order valence-electron chi connectivity index (χ1n) is 20.5. The van der Waals surface area contributed by atoms with Gasteiger partial charge in [-0.15, -0.1) is 0 Å². The Morgan fingerprint density at radius 1 is 0.696 bits per heavy atom. The van der Waals surface area contributed by atoms with Gasteiger partial charge in [0, 0.05) is 12.8 Å². The van der Waals surface area contributed by atoms with Crippen molar-refractivity contribution in [3.8, 4) is 0 Å². The number of unbranched alkanes of at least 4 members (excludes halogenated alkanes) is 8. The fourth-order valence-corrected chi connectivity index (χ4v) is 5.79. The lowest BCUT2D eigenvalue weighted by Crippen LogP contribution is -2.29. The first kappa shape index (κ1) is 53.3. The Labute approximate surface area is 336 Å². The molecule has 2 unspecified atom stereocenters. The quantitative estimate of drug-likeness (QED) is 0.0134. The topological polar surface area (TPSA) is 189 Å². The molecule has 13 heteroatoms. The van der Waals surface area contributed by atoms with Crippen molar-refractivity contribution < 1.29 is 58.0 Å². The van der Waals surface area contributed by atoms with Gasteiger partial charge in [0.15, 0.2) is 6.10 Å². The monoisotopic (exact) mass is 812 g/mol. The van der Waals surface area contributed by atoms with Crippen LogP contribution in [0.25, 0.3) is 0 Å². The summed E-state index contributed by atoms with van der Waals surface area (Å²) in [5.74, 6) is -0.327. The van der Waals surface area contributed by atoms with E-state index >= 15 is 0 Å². The number of aliphatic hydroxyl groups excluding tert-OH is 4. The molecule has 0 aliphatic carbocycles. The predicted molar refractivity (Wildman–Crippen MR) is 222 cm³/mol. The molecule has 0 fully saturated rings. The molecule has 0 amide bonds. The molecule has 56 heavy (non-hydrogen) atoms. The van der Waals surface area contributed by atoms with Crippen molar-refractivity contribution in [2.45, 2.75) is 154 Å². The third kappa shape index (κ3) is 35.7. The highest BCUT2D eigenvalue weighted by Crippen LogP contribution is 2.43. The number of esters is 2. The standard InChI is InChI=1S/C43H73O12P/c1-4-6-19-27-38(45)28-21-15-11-9-12-16-22-29-39(46)30-23-18-25-31-42(48)52-35-41(36-54-56(50,51)53-34-40(47)33-44)55-43(49)32-24-17-13-8-7-10-14-20-26-37(3)5-2/h6,11-12,15-16,19,21-23,28-30,37-41,44-47H,4-5,7-10,13-14,17-18,20,24-27,31-36H2,1-3H3,(H,50,51)/b15-11-,16-12-,19-6-,28-21+,29-22+,30-23-/t37?,38-,39-,40+,41-/m1/s1. The van der Waals surface area contributed by atoms with E-state index in [2.05, 4.69) is 18.4 Å². The van der Waals surface area contributed by atoms with Crippen molar-refractivity contribution in [3.63, 3.8) is 0 Å². The average molecular weight is 813 g/mol. The first-order valence-corrected chi connectivity index (χ1v) is 22.0. The summed E-state index contributed by atoms with van der Waals surface area (Å²) in [4.78, 5) is 34.9. The molecule has 0 aromatic carbocycles. The van der Waals surface area contributed by atoms with Gasteiger partial charge in [0.05, 0.1) is 32.0 Å². The Morgan fingerprint density at radius 2 is 1.32 bits per heavy atom. The molecular formula is C43H73O12P. The molecular weight excluding hydrogens is 739 g/mol. The molecule has 0 aromatic rings. The number of hydrogen-bond donors (Lipinski definition) is 5. The number of rotatable bonds is 36. The van der Waals surface area contributed by atoms with Crippen molar-refractivity contribution in [2.75, 3.05) is 26.4 Å². The van der Waals surface area contributed by atoms with Crippen molar-refractivity contribution in [1.82, 2.24) is 0 Å². The predicted octanol–water partition coefficient (Wildman–Crippen LogP) is 8.29. The van der Waals surface area contributed by atoms with Gasteiger partial charge < -0.3 is 34.8 Å². The summed E-state index contributed by atoms with van der Waals surface area (Å²) in [5, 5.41) is 38.2. The van der Waals surface area contributed by atoms with Crippen LogP contribution in [-0.4, -0.2) is 88.1 Å². The van der Waals surface area contributed by atoms with Crippen LogP contribution in [-0.2, 0) is 32.7 Å². The molecule has 0 radical (unpaired) electrons. The van der Waals surface area contributed by atoms with E-state index in [1.165, 1.54) is 38.5 Å². The molecule has 0 saturated carbocycles. The van der Waals surface area contributed by atoms with Crippen molar-refractivity contribution in [2.24, 2.45) is 5.92 Å². The highest BCUT2D eigenvalue weighted by molar-refractivity contribution is 7.47. The summed E-state index contributed by atoms with van der Waals surface area (Å²) >= 11 is 0. The fourth-order valence-electron chi connectivity index (χ4n) is 5.00. The number of aliphatic hydroxyl groups is 4. The van der Waals surface area contributed by atoms with Gasteiger partial charge in [0.25, 0.3) is 0 Å². The van der Waals surface area contributed by atoms with E-state index in [1.807, 2.05) is 49.5 Å². The number of phosphoric ester groups is 1. The van der Waals surface area contributed by atoms with Crippen molar-refractivity contribution >= 4 is 19.8 Å². The maximum absolute atomic E-state index is 12.6. The van der Waals surface area contributed by atoms with Crippen molar-refractivity contribution in [3.05, 3.63) is 72.9 Å². The van der Waals surface area contributed by atoms with E-state index in [0.29, 0.717) is 32.1 Å². The molecule has 0 saturated heterocycles. The summed E-state index contributed by atoms with van der Waals surface area (Å²) in [6.45, 7) is 4.24. The molecule has 12 nitrogen and oxygen atoms in total. The number of carbonyl (C=O) groups is 2. The molecule has 0 aliphatic rings. The fraction of sp³-hybridized carbons (Fsp3) is 0.674. The highest BCUT2D eigenvalue weighted by Gasteiger charge is 2.27. The number of ether oxygens (including phenoxy) is 2. The molecule has 0 aliphatic heterocycles. The van der Waals surface area contributed by atoms with Gasteiger partial charge in [0.1, 0.15) is 12.7 Å². The van der Waals surface area contributed by atoms with E-state index in [-0.39, 0.29) is 12.8 Å². The van der Waals surface area contributed by atoms with Crippen LogP contribution >= 0.6 is 7.82 Å². The van der Waals surface area contributed by atoms with Gasteiger partial charge in [-0.2, -0.15) is 0 Å². The summed E-state index contributed by atoms with van der Waals surface area (Å²) in [6, 6.07) is 0.